The number of ether oxygens (including phenoxy) is 2. The lowest BCUT2D eigenvalue weighted by atomic mass is 10.1. The van der Waals surface area contributed by atoms with Crippen molar-refractivity contribution in [2.24, 2.45) is 0 Å². The topological polar surface area (TPSA) is 93.9 Å². The van der Waals surface area contributed by atoms with E-state index in [-0.39, 0.29) is 11.3 Å². The molecule has 2 aromatic rings. The third kappa shape index (κ3) is 3.57. The van der Waals surface area contributed by atoms with Gasteiger partial charge in [-0.05, 0) is 22.0 Å². The van der Waals surface area contributed by atoms with Gasteiger partial charge in [-0.15, -0.1) is 0 Å². The van der Waals surface area contributed by atoms with Crippen molar-refractivity contribution in [3.8, 4) is 11.5 Å². The molecule has 0 aromatic heterocycles. The summed E-state index contributed by atoms with van der Waals surface area (Å²) in [6.07, 6.45) is 0. The van der Waals surface area contributed by atoms with Gasteiger partial charge in [-0.3, -0.25) is 14.9 Å². The number of anilines is 2. The first-order chi connectivity index (χ1) is 12.4. The highest BCUT2D eigenvalue weighted by Crippen LogP contribution is 2.38. The number of carbonyl (C=O) groups excluding carboxylic acids is 1. The first-order valence-corrected chi connectivity index (χ1v) is 8.52. The van der Waals surface area contributed by atoms with E-state index in [1.807, 2.05) is 0 Å². The van der Waals surface area contributed by atoms with E-state index in [0.717, 1.165) is 0 Å². The van der Waals surface area contributed by atoms with E-state index in [9.17, 15) is 14.9 Å². The maximum atomic E-state index is 12.8. The van der Waals surface area contributed by atoms with Crippen molar-refractivity contribution in [2.75, 3.05) is 37.5 Å². The predicted molar refractivity (Wildman–Crippen MR) is 101 cm³/mol. The highest BCUT2D eigenvalue weighted by molar-refractivity contribution is 9.10. The zero-order valence-electron chi connectivity index (χ0n) is 14.1. The first-order valence-electron chi connectivity index (χ1n) is 7.73. The molecule has 1 heterocycles. The van der Waals surface area contributed by atoms with Gasteiger partial charge in [0.25, 0.3) is 11.6 Å². The molecule has 0 radical (unpaired) electrons. The summed E-state index contributed by atoms with van der Waals surface area (Å²) < 4.78 is 11.6. The highest BCUT2D eigenvalue weighted by Gasteiger charge is 2.21. The number of nitrogens with one attached hydrogen (secondary N) is 1. The molecule has 0 fully saturated rings. The minimum absolute atomic E-state index is 0.151. The number of carbonyl (C=O) groups is 1. The van der Waals surface area contributed by atoms with Crippen molar-refractivity contribution in [1.82, 2.24) is 0 Å². The molecule has 136 valence electrons. The Kier molecular flexibility index (Phi) is 4.99. The van der Waals surface area contributed by atoms with Crippen molar-refractivity contribution < 1.29 is 19.2 Å². The molecule has 0 spiro atoms. The zero-order valence-corrected chi connectivity index (χ0v) is 15.7. The average Bonchev–Trinajstić information content (AvgIpc) is 2.61. The third-order valence-corrected chi connectivity index (χ3v) is 4.45. The molecule has 1 aliphatic rings. The van der Waals surface area contributed by atoms with Crippen LogP contribution in [0.25, 0.3) is 0 Å². The fraction of sp³-hybridized carbons (Fsp3) is 0.235. The Balaban J connectivity index is 1.95. The quantitative estimate of drug-likeness (QED) is 0.599. The molecule has 8 nitrogen and oxygen atoms in total. The smallest absolute Gasteiger partial charge is 0.270 e. The molecule has 1 aliphatic heterocycles. The van der Waals surface area contributed by atoms with E-state index >= 15 is 0 Å². The van der Waals surface area contributed by atoms with Crippen LogP contribution >= 0.6 is 15.9 Å². The van der Waals surface area contributed by atoms with Gasteiger partial charge in [-0.2, -0.15) is 0 Å². The maximum absolute atomic E-state index is 12.8. The van der Waals surface area contributed by atoms with Gasteiger partial charge in [0.1, 0.15) is 13.2 Å². The van der Waals surface area contributed by atoms with Gasteiger partial charge in [0.2, 0.25) is 0 Å². The summed E-state index contributed by atoms with van der Waals surface area (Å²) in [5.74, 6) is 0.654. The normalized spacial score (nSPS) is 12.4. The molecule has 3 rings (SSSR count). The van der Waals surface area contributed by atoms with E-state index in [0.29, 0.717) is 40.6 Å². The molecule has 1 N–H and O–H groups in total. The molecule has 0 atom stereocenters. The predicted octanol–water partition coefficient (Wildman–Crippen LogP) is 3.45. The molecule has 2 aromatic carbocycles. The van der Waals surface area contributed by atoms with Gasteiger partial charge in [0, 0.05) is 48.5 Å². The fourth-order valence-electron chi connectivity index (χ4n) is 2.56. The van der Waals surface area contributed by atoms with E-state index in [1.54, 1.807) is 37.2 Å². The van der Waals surface area contributed by atoms with E-state index in [2.05, 4.69) is 21.2 Å². The standard InChI is InChI=1S/C17H16BrN3O5/c1-20(2)14-4-3-10(21(23)24)7-11(14)17(22)19-13-9-16-15(8-12(13)18)25-5-6-26-16/h3-4,7-9H,5-6H2,1-2H3,(H,19,22). The van der Waals surface area contributed by atoms with Crippen LogP contribution in [-0.2, 0) is 0 Å². The lowest BCUT2D eigenvalue weighted by Gasteiger charge is -2.21. The Morgan fingerprint density at radius 1 is 1.19 bits per heavy atom. The number of nitrogens with zero attached hydrogens (tertiary/aromatic N) is 2. The van der Waals surface area contributed by atoms with Crippen molar-refractivity contribution in [1.29, 1.82) is 0 Å². The van der Waals surface area contributed by atoms with Crippen LogP contribution in [0, 0.1) is 10.1 Å². The van der Waals surface area contributed by atoms with E-state index in [1.165, 1.54) is 12.1 Å². The average molecular weight is 422 g/mol. The summed E-state index contributed by atoms with van der Waals surface area (Å²) in [5.41, 5.74) is 1.10. The summed E-state index contributed by atoms with van der Waals surface area (Å²) >= 11 is 3.39. The van der Waals surface area contributed by atoms with Crippen molar-refractivity contribution >= 4 is 38.9 Å². The monoisotopic (exact) mass is 421 g/mol. The van der Waals surface area contributed by atoms with Crippen LogP contribution in [0.1, 0.15) is 10.4 Å². The van der Waals surface area contributed by atoms with Crippen LogP contribution in [0.15, 0.2) is 34.8 Å². The molecule has 26 heavy (non-hydrogen) atoms. The van der Waals surface area contributed by atoms with Crippen LogP contribution in [0.3, 0.4) is 0 Å². The number of nitro benzene ring substituents is 1. The number of rotatable bonds is 4. The molecule has 0 bridgehead atoms. The highest BCUT2D eigenvalue weighted by atomic mass is 79.9. The molecule has 0 aliphatic carbocycles. The van der Waals surface area contributed by atoms with Gasteiger partial charge in [-0.25, -0.2) is 0 Å². The summed E-state index contributed by atoms with van der Waals surface area (Å²) in [6, 6.07) is 7.54. The number of halogens is 1. The number of amides is 1. The van der Waals surface area contributed by atoms with Crippen LogP contribution in [0.2, 0.25) is 0 Å². The number of nitro groups is 1. The van der Waals surface area contributed by atoms with Crippen molar-refractivity contribution in [3.05, 3.63) is 50.5 Å². The molecule has 0 saturated carbocycles. The number of hydrogen-bond acceptors (Lipinski definition) is 6. The lowest BCUT2D eigenvalue weighted by Crippen LogP contribution is -2.19. The first kappa shape index (κ1) is 18.0. The van der Waals surface area contributed by atoms with Crippen LogP contribution in [0.5, 0.6) is 11.5 Å². The minimum Gasteiger partial charge on any atom is -0.486 e. The van der Waals surface area contributed by atoms with Crippen molar-refractivity contribution in [2.45, 2.75) is 0 Å². The Morgan fingerprint density at radius 3 is 2.46 bits per heavy atom. The lowest BCUT2D eigenvalue weighted by molar-refractivity contribution is -0.384. The summed E-state index contributed by atoms with van der Waals surface area (Å²) in [7, 11) is 3.52. The van der Waals surface area contributed by atoms with Crippen LogP contribution in [-0.4, -0.2) is 38.1 Å². The zero-order chi connectivity index (χ0) is 18.8. The Labute approximate surface area is 158 Å². The molecule has 1 amide bonds. The molecule has 9 heteroatoms. The van der Waals surface area contributed by atoms with Gasteiger partial charge in [0.05, 0.1) is 16.2 Å². The van der Waals surface area contributed by atoms with Crippen LogP contribution < -0.4 is 19.7 Å². The molecular weight excluding hydrogens is 406 g/mol. The van der Waals surface area contributed by atoms with Gasteiger partial charge >= 0.3 is 0 Å². The number of fused-ring (bicyclic) bond motifs is 1. The third-order valence-electron chi connectivity index (χ3n) is 3.80. The second kappa shape index (κ2) is 7.20. The summed E-state index contributed by atoms with van der Waals surface area (Å²) in [4.78, 5) is 25.0. The molecule has 0 saturated heterocycles. The fourth-order valence-corrected chi connectivity index (χ4v) is 2.98. The largest absolute Gasteiger partial charge is 0.486 e. The van der Waals surface area contributed by atoms with E-state index in [4.69, 9.17) is 9.47 Å². The molecule has 0 unspecified atom stereocenters. The second-order valence-corrected chi connectivity index (χ2v) is 6.64. The number of hydrogen-bond donors (Lipinski definition) is 1. The maximum Gasteiger partial charge on any atom is 0.270 e. The van der Waals surface area contributed by atoms with Gasteiger partial charge < -0.3 is 19.7 Å². The van der Waals surface area contributed by atoms with Crippen LogP contribution in [0.4, 0.5) is 17.1 Å². The van der Waals surface area contributed by atoms with E-state index < -0.39 is 10.8 Å². The Bertz CT molecular complexity index is 885. The Morgan fingerprint density at radius 2 is 1.85 bits per heavy atom. The summed E-state index contributed by atoms with van der Waals surface area (Å²) in [5, 5.41) is 13.8. The number of benzene rings is 2. The summed E-state index contributed by atoms with van der Waals surface area (Å²) in [6.45, 7) is 0.892. The van der Waals surface area contributed by atoms with Crippen molar-refractivity contribution in [3.63, 3.8) is 0 Å². The van der Waals surface area contributed by atoms with Gasteiger partial charge in [-0.1, -0.05) is 0 Å². The second-order valence-electron chi connectivity index (χ2n) is 5.78. The SMILES string of the molecule is CN(C)c1ccc([N+](=O)[O-])cc1C(=O)Nc1cc2c(cc1Br)OCCO2. The minimum atomic E-state index is -0.532. The molecular formula is C17H16BrN3O5. The number of non-ortho nitro benzene ring substituents is 1. The van der Waals surface area contributed by atoms with Gasteiger partial charge in [0.15, 0.2) is 11.5 Å². The Hall–Kier alpha value is -2.81.